The average molecular weight is 200 g/mol. The van der Waals surface area contributed by atoms with E-state index in [1.807, 2.05) is 0 Å². The second kappa shape index (κ2) is 3.18. The van der Waals surface area contributed by atoms with Crippen LogP contribution in [0.3, 0.4) is 0 Å². The van der Waals surface area contributed by atoms with Gasteiger partial charge in [0.2, 0.25) is 0 Å². The summed E-state index contributed by atoms with van der Waals surface area (Å²) in [6, 6.07) is 4.89. The molecular formula is C9H10ClNO2. The molecule has 2 rings (SSSR count). The third-order valence-electron chi connectivity index (χ3n) is 2.17. The molecule has 1 aliphatic heterocycles. The minimum Gasteiger partial charge on any atom is -0.490 e. The smallest absolute Gasteiger partial charge is 0.125 e. The Balaban J connectivity index is 2.51. The van der Waals surface area contributed by atoms with Gasteiger partial charge in [-0.1, -0.05) is 17.7 Å². The van der Waals surface area contributed by atoms with E-state index in [9.17, 15) is 5.11 Å². The van der Waals surface area contributed by atoms with Gasteiger partial charge in [-0.3, -0.25) is 0 Å². The van der Waals surface area contributed by atoms with Crippen molar-refractivity contribution in [1.82, 2.24) is 0 Å². The van der Waals surface area contributed by atoms with Crippen molar-refractivity contribution >= 4 is 11.6 Å². The van der Waals surface area contributed by atoms with E-state index in [-0.39, 0.29) is 6.61 Å². The molecule has 0 bridgehead atoms. The summed E-state index contributed by atoms with van der Waals surface area (Å²) in [5.41, 5.74) is 6.47. The molecular weight excluding hydrogens is 190 g/mol. The van der Waals surface area contributed by atoms with Crippen LogP contribution in [0.25, 0.3) is 0 Å². The second-order valence-corrected chi connectivity index (χ2v) is 3.46. The summed E-state index contributed by atoms with van der Waals surface area (Å²) >= 11 is 5.93. The van der Waals surface area contributed by atoms with Crippen molar-refractivity contribution in [1.29, 1.82) is 0 Å². The van der Waals surface area contributed by atoms with Gasteiger partial charge < -0.3 is 15.6 Å². The van der Waals surface area contributed by atoms with Crippen LogP contribution >= 0.6 is 11.6 Å². The van der Waals surface area contributed by atoms with Gasteiger partial charge in [-0.2, -0.15) is 0 Å². The second-order valence-electron chi connectivity index (χ2n) is 3.06. The van der Waals surface area contributed by atoms with Crippen molar-refractivity contribution in [3.8, 4) is 5.75 Å². The predicted octanol–water partition coefficient (Wildman–Crippen LogP) is 1.09. The molecule has 0 saturated carbocycles. The fraction of sp³-hybridized carbons (Fsp3) is 0.333. The fourth-order valence-electron chi connectivity index (χ4n) is 1.44. The normalized spacial score (nSPS) is 26.4. The Morgan fingerprint density at radius 3 is 3.08 bits per heavy atom. The maximum absolute atomic E-state index is 9.44. The maximum atomic E-state index is 9.44. The number of benzene rings is 1. The number of halogens is 1. The van der Waals surface area contributed by atoms with Crippen molar-refractivity contribution in [3.63, 3.8) is 0 Å². The van der Waals surface area contributed by atoms with Crippen LogP contribution in [-0.2, 0) is 0 Å². The summed E-state index contributed by atoms with van der Waals surface area (Å²) in [5.74, 6) is 0.672. The predicted molar refractivity (Wildman–Crippen MR) is 49.9 cm³/mol. The molecule has 1 aromatic rings. The first-order valence-electron chi connectivity index (χ1n) is 4.05. The van der Waals surface area contributed by atoms with Crippen LogP contribution in [0.15, 0.2) is 18.2 Å². The lowest BCUT2D eigenvalue weighted by atomic mass is 9.99. The Bertz CT molecular complexity index is 329. The molecule has 0 radical (unpaired) electrons. The first-order valence-corrected chi connectivity index (χ1v) is 4.43. The molecule has 13 heavy (non-hydrogen) atoms. The van der Waals surface area contributed by atoms with Gasteiger partial charge in [0.05, 0.1) is 6.04 Å². The van der Waals surface area contributed by atoms with Gasteiger partial charge in [-0.25, -0.2) is 0 Å². The molecule has 0 aromatic heterocycles. The van der Waals surface area contributed by atoms with Crippen molar-refractivity contribution in [2.45, 2.75) is 12.1 Å². The number of nitrogens with two attached hydrogens (primary N) is 1. The summed E-state index contributed by atoms with van der Waals surface area (Å²) in [5, 5.41) is 9.99. The Kier molecular flexibility index (Phi) is 2.15. The third kappa shape index (κ3) is 1.39. The summed E-state index contributed by atoms with van der Waals surface area (Å²) < 4.78 is 5.27. The van der Waals surface area contributed by atoms with Crippen LogP contribution in [0.4, 0.5) is 0 Å². The third-order valence-corrected chi connectivity index (χ3v) is 2.50. The quantitative estimate of drug-likeness (QED) is 0.658. The molecule has 2 atom stereocenters. The van der Waals surface area contributed by atoms with E-state index in [2.05, 4.69) is 0 Å². The van der Waals surface area contributed by atoms with Gasteiger partial charge in [0.25, 0.3) is 0 Å². The zero-order chi connectivity index (χ0) is 9.42. The molecule has 0 amide bonds. The van der Waals surface area contributed by atoms with E-state index < -0.39 is 12.1 Å². The van der Waals surface area contributed by atoms with Gasteiger partial charge in [0, 0.05) is 10.6 Å². The Labute approximate surface area is 81.1 Å². The summed E-state index contributed by atoms with van der Waals surface area (Å²) in [6.45, 7) is 0.231. The molecule has 0 aliphatic carbocycles. The number of aliphatic hydroxyl groups excluding tert-OH is 1. The monoisotopic (exact) mass is 199 g/mol. The lowest BCUT2D eigenvalue weighted by Gasteiger charge is -2.28. The van der Waals surface area contributed by atoms with Gasteiger partial charge in [-0.05, 0) is 12.1 Å². The van der Waals surface area contributed by atoms with Crippen LogP contribution in [-0.4, -0.2) is 17.8 Å². The molecule has 0 fully saturated rings. The van der Waals surface area contributed by atoms with Crippen LogP contribution in [0.5, 0.6) is 5.75 Å². The molecule has 1 aliphatic rings. The highest BCUT2D eigenvalue weighted by Crippen LogP contribution is 2.35. The van der Waals surface area contributed by atoms with Crippen molar-refractivity contribution in [2.75, 3.05) is 6.61 Å². The first-order chi connectivity index (χ1) is 6.20. The lowest BCUT2D eigenvalue weighted by molar-refractivity contribution is 0.0679. The molecule has 1 aromatic carbocycles. The standard InChI is InChI=1S/C9H10ClNO2/c10-5-2-1-3-7-8(5)9(11)6(12)4-13-7/h1-3,6,9,12H,4,11H2/t6-,9-/m1/s1. The van der Waals surface area contributed by atoms with Crippen molar-refractivity contribution in [3.05, 3.63) is 28.8 Å². The number of ether oxygens (including phenoxy) is 1. The van der Waals surface area contributed by atoms with E-state index in [1.165, 1.54) is 0 Å². The summed E-state index contributed by atoms with van der Waals surface area (Å²) in [6.07, 6.45) is -0.674. The van der Waals surface area contributed by atoms with Gasteiger partial charge in [-0.15, -0.1) is 0 Å². The minimum absolute atomic E-state index is 0.231. The van der Waals surface area contributed by atoms with E-state index in [4.69, 9.17) is 22.1 Å². The molecule has 0 unspecified atom stereocenters. The van der Waals surface area contributed by atoms with Crippen LogP contribution in [0.1, 0.15) is 11.6 Å². The average Bonchev–Trinajstić information content (AvgIpc) is 2.12. The Hall–Kier alpha value is -0.770. The first kappa shape index (κ1) is 8.81. The van der Waals surface area contributed by atoms with Gasteiger partial charge >= 0.3 is 0 Å². The number of rotatable bonds is 0. The van der Waals surface area contributed by atoms with E-state index >= 15 is 0 Å². The van der Waals surface area contributed by atoms with Crippen molar-refractivity contribution < 1.29 is 9.84 Å². The Morgan fingerprint density at radius 1 is 1.54 bits per heavy atom. The topological polar surface area (TPSA) is 55.5 Å². The molecule has 70 valence electrons. The van der Waals surface area contributed by atoms with Crippen LogP contribution < -0.4 is 10.5 Å². The SMILES string of the molecule is N[C@H]1c2c(Cl)cccc2OC[C@H]1O. The highest BCUT2D eigenvalue weighted by atomic mass is 35.5. The minimum atomic E-state index is -0.674. The van der Waals surface area contributed by atoms with Crippen LogP contribution in [0, 0.1) is 0 Å². The molecule has 3 nitrogen and oxygen atoms in total. The lowest BCUT2D eigenvalue weighted by Crippen LogP contribution is -2.35. The van der Waals surface area contributed by atoms with E-state index in [1.54, 1.807) is 18.2 Å². The van der Waals surface area contributed by atoms with E-state index in [0.29, 0.717) is 16.3 Å². The van der Waals surface area contributed by atoms with Gasteiger partial charge in [0.15, 0.2) is 0 Å². The fourth-order valence-corrected chi connectivity index (χ4v) is 1.73. The molecule has 0 spiro atoms. The highest BCUT2D eigenvalue weighted by molar-refractivity contribution is 6.31. The molecule has 4 heteroatoms. The zero-order valence-electron chi connectivity index (χ0n) is 6.90. The zero-order valence-corrected chi connectivity index (χ0v) is 7.66. The van der Waals surface area contributed by atoms with E-state index in [0.717, 1.165) is 0 Å². The maximum Gasteiger partial charge on any atom is 0.125 e. The largest absolute Gasteiger partial charge is 0.490 e. The number of aliphatic hydroxyl groups is 1. The van der Waals surface area contributed by atoms with Crippen molar-refractivity contribution in [2.24, 2.45) is 5.73 Å². The summed E-state index contributed by atoms with van der Waals surface area (Å²) in [4.78, 5) is 0. The number of fused-ring (bicyclic) bond motifs is 1. The van der Waals surface area contributed by atoms with Crippen LogP contribution in [0.2, 0.25) is 5.02 Å². The Morgan fingerprint density at radius 2 is 2.31 bits per heavy atom. The summed E-state index contributed by atoms with van der Waals surface area (Å²) in [7, 11) is 0. The van der Waals surface area contributed by atoms with Gasteiger partial charge in [0.1, 0.15) is 18.5 Å². The molecule has 0 saturated heterocycles. The molecule has 1 heterocycles. The molecule has 3 N–H and O–H groups in total. The highest BCUT2D eigenvalue weighted by Gasteiger charge is 2.28. The number of hydrogen-bond acceptors (Lipinski definition) is 3. The number of hydrogen-bond donors (Lipinski definition) is 2.